The topological polar surface area (TPSA) is 27.7 Å². The molecule has 0 aromatic rings. The Morgan fingerprint density at radius 1 is 0.826 bits per heavy atom. The number of allylic oxidation sites excluding steroid dienone is 4. The van der Waals surface area contributed by atoms with Gasteiger partial charge in [0.25, 0.3) is 0 Å². The van der Waals surface area contributed by atoms with Crippen molar-refractivity contribution in [3.8, 4) is 0 Å². The summed E-state index contributed by atoms with van der Waals surface area (Å²) in [5.74, 6) is 0. The molecule has 2 aliphatic rings. The summed E-state index contributed by atoms with van der Waals surface area (Å²) in [6, 6.07) is 0. The summed E-state index contributed by atoms with van der Waals surface area (Å²) in [6.45, 7) is 9.11. The molecule has 3 heteroatoms. The van der Waals surface area contributed by atoms with Gasteiger partial charge in [-0.05, 0) is 50.7 Å². The van der Waals surface area contributed by atoms with Crippen LogP contribution in [0, 0.1) is 0 Å². The number of hydrogen-bond donors (Lipinski definition) is 0. The van der Waals surface area contributed by atoms with Gasteiger partial charge in [0.2, 0.25) is 0 Å². The third kappa shape index (κ3) is 7.78. The second kappa shape index (κ2) is 10.6. The van der Waals surface area contributed by atoms with Gasteiger partial charge >= 0.3 is 0 Å². The average molecular weight is 318 g/mol. The molecule has 0 aromatic heterocycles. The molecule has 2 rings (SSSR count). The van der Waals surface area contributed by atoms with Gasteiger partial charge in [0, 0.05) is 0 Å². The minimum absolute atomic E-state index is 0.705. The Morgan fingerprint density at radius 2 is 1.26 bits per heavy atom. The Morgan fingerprint density at radius 3 is 1.61 bits per heavy atom. The summed E-state index contributed by atoms with van der Waals surface area (Å²) in [4.78, 5) is 0. The number of rotatable bonds is 10. The van der Waals surface area contributed by atoms with E-state index in [0.717, 1.165) is 52.1 Å². The molecular weight excluding hydrogens is 288 g/mol. The first kappa shape index (κ1) is 18.2. The maximum absolute atomic E-state index is 5.67. The summed E-state index contributed by atoms with van der Waals surface area (Å²) in [6.07, 6.45) is 13.4. The van der Waals surface area contributed by atoms with Gasteiger partial charge in [-0.1, -0.05) is 35.5 Å². The van der Waals surface area contributed by atoms with Crippen molar-refractivity contribution in [2.45, 2.75) is 39.5 Å². The molecule has 0 radical (unpaired) electrons. The Hall–Kier alpha value is -1.16. The van der Waals surface area contributed by atoms with Gasteiger partial charge in [-0.2, -0.15) is 0 Å². The molecule has 128 valence electrons. The van der Waals surface area contributed by atoms with E-state index in [-0.39, 0.29) is 0 Å². The molecule has 0 aliphatic carbocycles. The zero-order valence-electron chi connectivity index (χ0n) is 14.6. The lowest BCUT2D eigenvalue weighted by Crippen LogP contribution is -2.15. The van der Waals surface area contributed by atoms with E-state index in [4.69, 9.17) is 14.2 Å². The van der Waals surface area contributed by atoms with E-state index in [0.29, 0.717) is 13.2 Å². The first-order chi connectivity index (χ1) is 11.2. The fourth-order valence-corrected chi connectivity index (χ4v) is 2.36. The first-order valence-corrected chi connectivity index (χ1v) is 8.64. The quantitative estimate of drug-likeness (QED) is 0.442. The maximum atomic E-state index is 5.67. The largest absolute Gasteiger partial charge is 0.373 e. The normalized spacial score (nSPS) is 18.5. The maximum Gasteiger partial charge on any atom is 0.0703 e. The fourth-order valence-electron chi connectivity index (χ4n) is 2.36. The van der Waals surface area contributed by atoms with Crippen molar-refractivity contribution in [3.05, 3.63) is 46.6 Å². The minimum Gasteiger partial charge on any atom is -0.373 e. The van der Waals surface area contributed by atoms with Gasteiger partial charge in [-0.3, -0.25) is 0 Å². The van der Waals surface area contributed by atoms with Gasteiger partial charge in [0.15, 0.2) is 0 Å². The van der Waals surface area contributed by atoms with Gasteiger partial charge in [0.05, 0.1) is 39.6 Å². The highest BCUT2D eigenvalue weighted by atomic mass is 16.5. The van der Waals surface area contributed by atoms with E-state index in [1.54, 1.807) is 0 Å². The van der Waals surface area contributed by atoms with Crippen LogP contribution in [0.25, 0.3) is 0 Å². The molecule has 0 saturated carbocycles. The monoisotopic (exact) mass is 318 g/mol. The second-order valence-electron chi connectivity index (χ2n) is 6.43. The highest BCUT2D eigenvalue weighted by Gasteiger charge is 2.07. The predicted molar refractivity (Wildman–Crippen MR) is 94.6 cm³/mol. The van der Waals surface area contributed by atoms with Crippen molar-refractivity contribution in [2.24, 2.45) is 0 Å². The van der Waals surface area contributed by atoms with Crippen molar-refractivity contribution in [3.63, 3.8) is 0 Å². The third-order valence-electron chi connectivity index (χ3n) is 4.19. The van der Waals surface area contributed by atoms with Crippen molar-refractivity contribution >= 4 is 0 Å². The molecule has 2 saturated heterocycles. The highest BCUT2D eigenvalue weighted by molar-refractivity contribution is 5.11. The van der Waals surface area contributed by atoms with Gasteiger partial charge in [-0.25, -0.2) is 0 Å². The molecule has 0 atom stereocenters. The molecule has 0 aromatic carbocycles. The van der Waals surface area contributed by atoms with E-state index in [1.807, 2.05) is 0 Å². The SMILES string of the molecule is C/C(=C\COC/C=C(\C)CCC=C1COC1)CCC=C1COC1. The van der Waals surface area contributed by atoms with Crippen LogP contribution in [0.1, 0.15) is 39.5 Å². The van der Waals surface area contributed by atoms with Crippen LogP contribution in [0.5, 0.6) is 0 Å². The predicted octanol–water partition coefficient (Wildman–Crippen LogP) is 4.37. The standard InChI is InChI=1S/C20H30O3/c1-17(5-3-7-19-13-22-14-19)9-11-21-12-10-18(2)6-4-8-20-15-23-16-20/h7-10H,3-6,11-16H2,1-2H3/b17-9+,18-10+. The third-order valence-corrected chi connectivity index (χ3v) is 4.19. The van der Waals surface area contributed by atoms with Crippen molar-refractivity contribution in [1.82, 2.24) is 0 Å². The van der Waals surface area contributed by atoms with Crippen LogP contribution < -0.4 is 0 Å². The molecular formula is C20H30O3. The van der Waals surface area contributed by atoms with E-state index >= 15 is 0 Å². The first-order valence-electron chi connectivity index (χ1n) is 8.64. The molecule has 2 fully saturated rings. The summed E-state index contributed by atoms with van der Waals surface area (Å²) in [5.41, 5.74) is 5.68. The van der Waals surface area contributed by atoms with Crippen LogP contribution in [-0.4, -0.2) is 39.6 Å². The Labute approximate surface area is 140 Å². The molecule has 0 spiro atoms. The van der Waals surface area contributed by atoms with E-state index in [9.17, 15) is 0 Å². The molecule has 0 bridgehead atoms. The minimum atomic E-state index is 0.705. The smallest absolute Gasteiger partial charge is 0.0703 e. The van der Waals surface area contributed by atoms with Gasteiger partial charge in [-0.15, -0.1) is 0 Å². The van der Waals surface area contributed by atoms with Gasteiger partial charge < -0.3 is 14.2 Å². The fraction of sp³-hybridized carbons (Fsp3) is 0.600. The summed E-state index contributed by atoms with van der Waals surface area (Å²) < 4.78 is 15.9. The zero-order chi connectivity index (χ0) is 16.3. The van der Waals surface area contributed by atoms with Gasteiger partial charge in [0.1, 0.15) is 0 Å². The Bertz CT molecular complexity index is 427. The van der Waals surface area contributed by atoms with Crippen LogP contribution in [-0.2, 0) is 14.2 Å². The lowest BCUT2D eigenvalue weighted by Gasteiger charge is -2.17. The van der Waals surface area contributed by atoms with E-state index < -0.39 is 0 Å². The lowest BCUT2D eigenvalue weighted by molar-refractivity contribution is 0.102. The molecule has 3 nitrogen and oxygen atoms in total. The van der Waals surface area contributed by atoms with Crippen molar-refractivity contribution < 1.29 is 14.2 Å². The van der Waals surface area contributed by atoms with Crippen LogP contribution in [0.4, 0.5) is 0 Å². The molecule has 0 unspecified atom stereocenters. The summed E-state index contributed by atoms with van der Waals surface area (Å²) >= 11 is 0. The molecule has 23 heavy (non-hydrogen) atoms. The summed E-state index contributed by atoms with van der Waals surface area (Å²) in [7, 11) is 0. The van der Waals surface area contributed by atoms with Crippen LogP contribution in [0.3, 0.4) is 0 Å². The van der Waals surface area contributed by atoms with E-state index in [2.05, 4.69) is 38.2 Å². The summed E-state index contributed by atoms with van der Waals surface area (Å²) in [5, 5.41) is 0. The Balaban J connectivity index is 1.49. The molecule has 2 aliphatic heterocycles. The van der Waals surface area contributed by atoms with Crippen LogP contribution in [0.2, 0.25) is 0 Å². The molecule has 0 N–H and O–H groups in total. The van der Waals surface area contributed by atoms with Crippen LogP contribution >= 0.6 is 0 Å². The zero-order valence-corrected chi connectivity index (χ0v) is 14.6. The second-order valence-corrected chi connectivity index (χ2v) is 6.43. The Kier molecular flexibility index (Phi) is 8.37. The van der Waals surface area contributed by atoms with Crippen molar-refractivity contribution in [1.29, 1.82) is 0 Å². The molecule has 0 amide bonds. The number of hydrogen-bond acceptors (Lipinski definition) is 3. The van der Waals surface area contributed by atoms with Crippen molar-refractivity contribution in [2.75, 3.05) is 39.6 Å². The van der Waals surface area contributed by atoms with Crippen LogP contribution in [0.15, 0.2) is 46.6 Å². The lowest BCUT2D eigenvalue weighted by atomic mass is 10.1. The number of ether oxygens (including phenoxy) is 3. The molecule has 2 heterocycles. The highest BCUT2D eigenvalue weighted by Crippen LogP contribution is 2.13. The van der Waals surface area contributed by atoms with E-state index in [1.165, 1.54) is 22.3 Å². The average Bonchev–Trinajstić information content (AvgIpc) is 2.44.